The number of amides is 1. The fourth-order valence-electron chi connectivity index (χ4n) is 2.66. The summed E-state index contributed by atoms with van der Waals surface area (Å²) in [5, 5.41) is 3.12. The van der Waals surface area contributed by atoms with Crippen molar-refractivity contribution in [2.24, 2.45) is 5.73 Å². The van der Waals surface area contributed by atoms with E-state index in [1.165, 1.54) is 0 Å². The lowest BCUT2D eigenvalue weighted by Gasteiger charge is -2.24. The standard InChI is InChI=1S/C22H32N2O4/c1-6-22(4,5)28-20(26)14-24-19(9-10-25)13-17-8-7-15(2)11-18(21(23)27)12-16(17)3/h7-8,10-12,19,24H,6,9,13-14H2,1-5H3,(H2,23,27)/b8-7?,15-7?,15-11-,16-12?,17-8?,17-16+,18-11?,18-12+/t19-/m1/s1. The zero-order chi connectivity index (χ0) is 21.3. The second-order valence-electron chi connectivity index (χ2n) is 7.67. The Bertz CT molecular complexity index is 727. The Kier molecular flexibility index (Phi) is 9.06. The summed E-state index contributed by atoms with van der Waals surface area (Å²) in [7, 11) is 0. The molecule has 0 bridgehead atoms. The number of esters is 1. The van der Waals surface area contributed by atoms with Gasteiger partial charge in [-0.1, -0.05) is 24.6 Å². The van der Waals surface area contributed by atoms with Crippen molar-refractivity contribution in [1.29, 1.82) is 0 Å². The van der Waals surface area contributed by atoms with Crippen LogP contribution < -0.4 is 11.1 Å². The summed E-state index contributed by atoms with van der Waals surface area (Å²) in [6.45, 7) is 9.49. The van der Waals surface area contributed by atoms with Crippen LogP contribution in [-0.2, 0) is 19.1 Å². The fourth-order valence-corrected chi connectivity index (χ4v) is 2.66. The van der Waals surface area contributed by atoms with Crippen LogP contribution in [0.25, 0.3) is 0 Å². The highest BCUT2D eigenvalue weighted by atomic mass is 16.6. The van der Waals surface area contributed by atoms with Gasteiger partial charge in [0.05, 0.1) is 6.54 Å². The first kappa shape index (κ1) is 23.6. The SMILES string of the molecule is CCC(C)(C)OC(=O)CN[C@H](CC=O)C/C1=C(C)/C=C(C(N)=O)\C=C(\C)C=C1. The molecular formula is C22H32N2O4. The van der Waals surface area contributed by atoms with Crippen LogP contribution in [0.2, 0.25) is 0 Å². The second kappa shape index (κ2) is 10.8. The van der Waals surface area contributed by atoms with Crippen molar-refractivity contribution in [1.82, 2.24) is 5.32 Å². The van der Waals surface area contributed by atoms with Crippen LogP contribution in [0.4, 0.5) is 0 Å². The molecule has 1 amide bonds. The van der Waals surface area contributed by atoms with E-state index in [9.17, 15) is 14.4 Å². The molecule has 1 atom stereocenters. The van der Waals surface area contributed by atoms with E-state index < -0.39 is 11.5 Å². The number of aldehydes is 1. The summed E-state index contributed by atoms with van der Waals surface area (Å²) < 4.78 is 5.43. The van der Waals surface area contributed by atoms with Crippen molar-refractivity contribution in [2.75, 3.05) is 6.54 Å². The van der Waals surface area contributed by atoms with Gasteiger partial charge in [0, 0.05) is 18.0 Å². The number of nitrogens with two attached hydrogens (primary N) is 1. The molecule has 6 heteroatoms. The highest BCUT2D eigenvalue weighted by Gasteiger charge is 2.21. The number of hydrogen-bond acceptors (Lipinski definition) is 5. The zero-order valence-corrected chi connectivity index (χ0v) is 17.5. The molecule has 1 aliphatic rings. The third-order valence-corrected chi connectivity index (χ3v) is 4.72. The molecule has 6 nitrogen and oxygen atoms in total. The van der Waals surface area contributed by atoms with Gasteiger partial charge < -0.3 is 20.6 Å². The van der Waals surface area contributed by atoms with E-state index in [-0.39, 0.29) is 25.0 Å². The molecule has 0 aromatic carbocycles. The van der Waals surface area contributed by atoms with Crippen LogP contribution in [0.1, 0.15) is 53.9 Å². The number of rotatable bonds is 10. The van der Waals surface area contributed by atoms with E-state index in [1.807, 2.05) is 46.8 Å². The van der Waals surface area contributed by atoms with Crippen molar-refractivity contribution in [3.63, 3.8) is 0 Å². The van der Waals surface area contributed by atoms with Crippen LogP contribution in [0.3, 0.4) is 0 Å². The smallest absolute Gasteiger partial charge is 0.320 e. The minimum absolute atomic E-state index is 0.0271. The highest BCUT2D eigenvalue weighted by molar-refractivity contribution is 5.95. The van der Waals surface area contributed by atoms with Crippen LogP contribution in [0.5, 0.6) is 0 Å². The van der Waals surface area contributed by atoms with Crippen molar-refractivity contribution in [3.05, 3.63) is 46.6 Å². The minimum atomic E-state index is -0.514. The van der Waals surface area contributed by atoms with Crippen molar-refractivity contribution >= 4 is 18.2 Å². The molecule has 28 heavy (non-hydrogen) atoms. The van der Waals surface area contributed by atoms with Crippen LogP contribution >= 0.6 is 0 Å². The molecule has 1 rings (SSSR count). The van der Waals surface area contributed by atoms with Gasteiger partial charge in [-0.25, -0.2) is 0 Å². The Labute approximate surface area is 167 Å². The number of carbonyl (C=O) groups is 3. The first-order chi connectivity index (χ1) is 13.1. The molecule has 0 unspecified atom stereocenters. The Morgan fingerprint density at radius 1 is 1.25 bits per heavy atom. The number of nitrogens with one attached hydrogen (secondary N) is 1. The maximum Gasteiger partial charge on any atom is 0.320 e. The predicted octanol–water partition coefficient (Wildman–Crippen LogP) is 2.90. The Hall–Kier alpha value is -2.47. The molecule has 3 N–H and O–H groups in total. The highest BCUT2D eigenvalue weighted by Crippen LogP contribution is 2.21. The molecule has 0 fully saturated rings. The van der Waals surface area contributed by atoms with Gasteiger partial charge in [-0.2, -0.15) is 0 Å². The quantitative estimate of drug-likeness (QED) is 0.443. The lowest BCUT2D eigenvalue weighted by molar-refractivity contribution is -0.155. The van der Waals surface area contributed by atoms with Crippen LogP contribution in [0.15, 0.2) is 46.6 Å². The summed E-state index contributed by atoms with van der Waals surface area (Å²) in [4.78, 5) is 34.8. The number of hydrogen-bond donors (Lipinski definition) is 2. The summed E-state index contributed by atoms with van der Waals surface area (Å²) in [6.07, 6.45) is 9.70. The fraction of sp³-hybridized carbons (Fsp3) is 0.500. The van der Waals surface area contributed by atoms with Gasteiger partial charge in [-0.3, -0.25) is 9.59 Å². The van der Waals surface area contributed by atoms with E-state index in [0.29, 0.717) is 12.0 Å². The first-order valence-electron chi connectivity index (χ1n) is 9.54. The van der Waals surface area contributed by atoms with E-state index in [4.69, 9.17) is 10.5 Å². The Morgan fingerprint density at radius 3 is 2.50 bits per heavy atom. The number of primary amides is 1. The molecule has 0 aromatic heterocycles. The van der Waals surface area contributed by atoms with Gasteiger partial charge in [0.25, 0.3) is 0 Å². The Balaban J connectivity index is 2.91. The van der Waals surface area contributed by atoms with Gasteiger partial charge >= 0.3 is 5.97 Å². The van der Waals surface area contributed by atoms with Crippen LogP contribution in [0, 0.1) is 0 Å². The van der Waals surface area contributed by atoms with E-state index in [0.717, 1.165) is 29.4 Å². The molecule has 1 aliphatic carbocycles. The summed E-state index contributed by atoms with van der Waals surface area (Å²) in [5.74, 6) is -0.839. The maximum absolute atomic E-state index is 12.1. The van der Waals surface area contributed by atoms with E-state index in [2.05, 4.69) is 5.32 Å². The first-order valence-corrected chi connectivity index (χ1v) is 9.54. The lowest BCUT2D eigenvalue weighted by Crippen LogP contribution is -2.38. The van der Waals surface area contributed by atoms with Crippen molar-refractivity contribution in [3.8, 4) is 0 Å². The second-order valence-corrected chi connectivity index (χ2v) is 7.67. The predicted molar refractivity (Wildman–Crippen MR) is 110 cm³/mol. The topological polar surface area (TPSA) is 98.5 Å². The zero-order valence-electron chi connectivity index (χ0n) is 17.5. The van der Waals surface area contributed by atoms with E-state index >= 15 is 0 Å². The molecule has 0 spiro atoms. The average Bonchev–Trinajstić information content (AvgIpc) is 2.60. The summed E-state index contributed by atoms with van der Waals surface area (Å²) in [5.41, 5.74) is 8.12. The molecule has 154 valence electrons. The van der Waals surface area contributed by atoms with Crippen molar-refractivity contribution < 1.29 is 19.1 Å². The third-order valence-electron chi connectivity index (χ3n) is 4.72. The van der Waals surface area contributed by atoms with Gasteiger partial charge in [0.2, 0.25) is 5.91 Å². The minimum Gasteiger partial charge on any atom is -0.459 e. The third kappa shape index (κ3) is 8.05. The molecular weight excluding hydrogens is 356 g/mol. The van der Waals surface area contributed by atoms with Gasteiger partial charge in [-0.15, -0.1) is 0 Å². The molecule has 0 saturated carbocycles. The molecule has 0 aliphatic heterocycles. The average molecular weight is 389 g/mol. The number of ether oxygens (including phenoxy) is 1. The maximum atomic E-state index is 12.1. The molecule has 0 heterocycles. The number of carbonyl (C=O) groups excluding carboxylic acids is 3. The van der Waals surface area contributed by atoms with Gasteiger partial charge in [0.15, 0.2) is 0 Å². The van der Waals surface area contributed by atoms with Crippen LogP contribution in [-0.4, -0.2) is 36.4 Å². The molecule has 0 radical (unpaired) electrons. The molecule has 0 saturated heterocycles. The molecule has 0 aromatic rings. The van der Waals surface area contributed by atoms with E-state index in [1.54, 1.807) is 12.2 Å². The summed E-state index contributed by atoms with van der Waals surface area (Å²) in [6, 6.07) is -0.224. The number of allylic oxidation sites excluding steroid dienone is 5. The largest absolute Gasteiger partial charge is 0.459 e. The van der Waals surface area contributed by atoms with Gasteiger partial charge in [-0.05, 0) is 63.8 Å². The monoisotopic (exact) mass is 388 g/mol. The normalized spacial score (nSPS) is 22.2. The van der Waals surface area contributed by atoms with Gasteiger partial charge in [0.1, 0.15) is 11.9 Å². The lowest BCUT2D eigenvalue weighted by atomic mass is 9.95. The van der Waals surface area contributed by atoms with Crippen molar-refractivity contribution in [2.45, 2.75) is 65.5 Å². The Morgan fingerprint density at radius 2 is 1.93 bits per heavy atom. The summed E-state index contributed by atoms with van der Waals surface area (Å²) >= 11 is 0.